The second kappa shape index (κ2) is 6.04. The maximum absolute atomic E-state index is 11.2. The first-order valence-electron chi connectivity index (χ1n) is 6.06. The zero-order valence-corrected chi connectivity index (χ0v) is 11.1. The summed E-state index contributed by atoms with van der Waals surface area (Å²) in [5.74, 6) is -0.315. The molecular weight excluding hydrogens is 250 g/mol. The summed E-state index contributed by atoms with van der Waals surface area (Å²) in [6, 6.07) is 1.83. The van der Waals surface area contributed by atoms with E-state index >= 15 is 0 Å². The second-order valence-electron chi connectivity index (χ2n) is 4.43. The van der Waals surface area contributed by atoms with Crippen molar-refractivity contribution < 1.29 is 9.90 Å². The Labute approximate surface area is 110 Å². The molecule has 1 aliphatic carbocycles. The fourth-order valence-corrected chi connectivity index (χ4v) is 2.70. The Kier molecular flexibility index (Phi) is 4.41. The van der Waals surface area contributed by atoms with Crippen LogP contribution in [0.4, 0.5) is 5.82 Å². The van der Waals surface area contributed by atoms with Crippen LogP contribution >= 0.6 is 11.8 Å². The molecule has 0 amide bonds. The number of carboxylic acid groups (broad SMARTS) is 1. The maximum Gasteiger partial charge on any atom is 0.308 e. The quantitative estimate of drug-likeness (QED) is 0.644. The number of carboxylic acids is 1. The van der Waals surface area contributed by atoms with Gasteiger partial charge in [-0.15, -0.1) is 11.8 Å². The topological polar surface area (TPSA) is 75.1 Å². The lowest BCUT2D eigenvalue weighted by Gasteiger charge is -2.29. The summed E-state index contributed by atoms with van der Waals surface area (Å²) in [6.45, 7) is 0. The minimum Gasteiger partial charge on any atom is -0.481 e. The average Bonchev–Trinajstić information content (AvgIpc) is 2.39. The van der Waals surface area contributed by atoms with Crippen LogP contribution in [0.2, 0.25) is 0 Å². The molecule has 1 aromatic rings. The van der Waals surface area contributed by atoms with Crippen molar-refractivity contribution in [2.24, 2.45) is 5.92 Å². The number of nitrogens with one attached hydrogen (secondary N) is 1. The minimum absolute atomic E-state index is 0.0270. The molecule has 5 nitrogen and oxygen atoms in total. The van der Waals surface area contributed by atoms with E-state index in [2.05, 4.69) is 15.3 Å². The van der Waals surface area contributed by atoms with Gasteiger partial charge in [-0.25, -0.2) is 9.97 Å². The lowest BCUT2D eigenvalue weighted by molar-refractivity contribution is -0.143. The van der Waals surface area contributed by atoms with E-state index in [1.807, 2.05) is 12.3 Å². The van der Waals surface area contributed by atoms with Crippen LogP contribution < -0.4 is 5.32 Å². The number of rotatable bonds is 4. The van der Waals surface area contributed by atoms with Crippen LogP contribution in [0.3, 0.4) is 0 Å². The highest BCUT2D eigenvalue weighted by atomic mass is 32.2. The van der Waals surface area contributed by atoms with Gasteiger partial charge in [-0.05, 0) is 19.1 Å². The predicted molar refractivity (Wildman–Crippen MR) is 70.8 cm³/mol. The predicted octanol–water partition coefficient (Wildman–Crippen LogP) is 2.25. The standard InChI is InChI=1S/C12H17N3O2S/c1-18-11-6-10(13-7-14-11)15-9-5-3-2-4-8(9)12(16)17/h6-9H,2-5H2,1H3,(H,16,17)(H,13,14,15). The molecule has 1 aliphatic rings. The molecule has 0 radical (unpaired) electrons. The number of hydrogen-bond donors (Lipinski definition) is 2. The summed E-state index contributed by atoms with van der Waals surface area (Å²) in [7, 11) is 0. The Bertz CT molecular complexity index is 428. The van der Waals surface area contributed by atoms with Crippen molar-refractivity contribution in [3.8, 4) is 0 Å². The van der Waals surface area contributed by atoms with Crippen LogP contribution in [0.25, 0.3) is 0 Å². The highest BCUT2D eigenvalue weighted by molar-refractivity contribution is 7.98. The highest BCUT2D eigenvalue weighted by Crippen LogP contribution is 2.27. The first kappa shape index (κ1) is 13.1. The summed E-state index contributed by atoms with van der Waals surface area (Å²) in [6.07, 6.45) is 7.15. The summed E-state index contributed by atoms with van der Waals surface area (Å²) in [5.41, 5.74) is 0. The molecule has 0 aliphatic heterocycles. The zero-order chi connectivity index (χ0) is 13.0. The molecule has 0 bridgehead atoms. The number of anilines is 1. The van der Waals surface area contributed by atoms with E-state index in [4.69, 9.17) is 0 Å². The normalized spacial score (nSPS) is 23.6. The Morgan fingerprint density at radius 1 is 1.44 bits per heavy atom. The fraction of sp³-hybridized carbons (Fsp3) is 0.583. The van der Waals surface area contributed by atoms with Gasteiger partial charge in [0.1, 0.15) is 17.2 Å². The van der Waals surface area contributed by atoms with Gasteiger partial charge < -0.3 is 10.4 Å². The smallest absolute Gasteiger partial charge is 0.308 e. The second-order valence-corrected chi connectivity index (χ2v) is 5.25. The minimum atomic E-state index is -0.716. The molecule has 6 heteroatoms. The number of hydrogen-bond acceptors (Lipinski definition) is 5. The van der Waals surface area contributed by atoms with Crippen molar-refractivity contribution >= 4 is 23.5 Å². The van der Waals surface area contributed by atoms with Crippen molar-refractivity contribution in [2.45, 2.75) is 36.8 Å². The lowest BCUT2D eigenvalue weighted by atomic mass is 9.84. The van der Waals surface area contributed by atoms with Gasteiger partial charge in [-0.1, -0.05) is 12.8 Å². The molecule has 1 saturated carbocycles. The summed E-state index contributed by atoms with van der Waals surface area (Å²) < 4.78 is 0. The number of aliphatic carboxylic acids is 1. The molecule has 2 N–H and O–H groups in total. The van der Waals surface area contributed by atoms with E-state index in [0.29, 0.717) is 5.82 Å². The average molecular weight is 267 g/mol. The van der Waals surface area contributed by atoms with E-state index in [1.54, 1.807) is 11.8 Å². The maximum atomic E-state index is 11.2. The van der Waals surface area contributed by atoms with Crippen molar-refractivity contribution in [2.75, 3.05) is 11.6 Å². The monoisotopic (exact) mass is 267 g/mol. The molecule has 0 spiro atoms. The van der Waals surface area contributed by atoms with Crippen molar-refractivity contribution in [3.63, 3.8) is 0 Å². The van der Waals surface area contributed by atoms with E-state index in [0.717, 1.165) is 30.7 Å². The van der Waals surface area contributed by atoms with Crippen molar-refractivity contribution in [1.29, 1.82) is 0 Å². The molecule has 1 aromatic heterocycles. The van der Waals surface area contributed by atoms with Gasteiger partial charge in [0, 0.05) is 12.1 Å². The Hall–Kier alpha value is -1.30. The molecule has 1 fully saturated rings. The lowest BCUT2D eigenvalue weighted by Crippen LogP contribution is -2.37. The number of nitrogens with zero attached hydrogens (tertiary/aromatic N) is 2. The van der Waals surface area contributed by atoms with Crippen molar-refractivity contribution in [3.05, 3.63) is 12.4 Å². The van der Waals surface area contributed by atoms with Crippen LogP contribution in [0.1, 0.15) is 25.7 Å². The molecular formula is C12H17N3O2S. The first-order valence-corrected chi connectivity index (χ1v) is 7.28. The summed E-state index contributed by atoms with van der Waals surface area (Å²) in [4.78, 5) is 19.4. The molecule has 2 rings (SSSR count). The largest absolute Gasteiger partial charge is 0.481 e. The molecule has 0 aromatic carbocycles. The highest BCUT2D eigenvalue weighted by Gasteiger charge is 2.30. The van der Waals surface area contributed by atoms with Gasteiger partial charge in [0.25, 0.3) is 0 Å². The van der Waals surface area contributed by atoms with Crippen LogP contribution in [0.15, 0.2) is 17.4 Å². The SMILES string of the molecule is CSc1cc(NC2CCCCC2C(=O)O)ncn1. The molecule has 98 valence electrons. The Morgan fingerprint density at radius 3 is 2.94 bits per heavy atom. The van der Waals surface area contributed by atoms with E-state index in [-0.39, 0.29) is 12.0 Å². The van der Waals surface area contributed by atoms with Gasteiger partial charge >= 0.3 is 5.97 Å². The Balaban J connectivity index is 2.08. The van der Waals surface area contributed by atoms with Gasteiger partial charge in [0.15, 0.2) is 0 Å². The number of aromatic nitrogens is 2. The van der Waals surface area contributed by atoms with Crippen LogP contribution in [-0.2, 0) is 4.79 Å². The van der Waals surface area contributed by atoms with E-state index in [9.17, 15) is 9.90 Å². The number of carbonyl (C=O) groups is 1. The Morgan fingerprint density at radius 2 is 2.22 bits per heavy atom. The molecule has 0 saturated heterocycles. The zero-order valence-electron chi connectivity index (χ0n) is 10.3. The third kappa shape index (κ3) is 3.13. The summed E-state index contributed by atoms with van der Waals surface area (Å²) >= 11 is 1.54. The van der Waals surface area contributed by atoms with Gasteiger partial charge in [0.2, 0.25) is 0 Å². The van der Waals surface area contributed by atoms with Crippen LogP contribution in [0.5, 0.6) is 0 Å². The molecule has 1 heterocycles. The van der Waals surface area contributed by atoms with E-state index in [1.165, 1.54) is 6.33 Å². The molecule has 2 atom stereocenters. The van der Waals surface area contributed by atoms with Gasteiger partial charge in [-0.2, -0.15) is 0 Å². The number of thioether (sulfide) groups is 1. The van der Waals surface area contributed by atoms with Gasteiger partial charge in [-0.3, -0.25) is 4.79 Å². The first-order chi connectivity index (χ1) is 8.70. The molecule has 2 unspecified atom stereocenters. The van der Waals surface area contributed by atoms with Crippen LogP contribution in [0, 0.1) is 5.92 Å². The van der Waals surface area contributed by atoms with Gasteiger partial charge in [0.05, 0.1) is 5.92 Å². The third-order valence-electron chi connectivity index (χ3n) is 3.27. The fourth-order valence-electron chi connectivity index (χ4n) is 2.32. The third-order valence-corrected chi connectivity index (χ3v) is 3.91. The van der Waals surface area contributed by atoms with Crippen LogP contribution in [-0.4, -0.2) is 33.3 Å². The van der Waals surface area contributed by atoms with Crippen molar-refractivity contribution in [1.82, 2.24) is 9.97 Å². The summed E-state index contributed by atoms with van der Waals surface area (Å²) in [5, 5.41) is 13.3. The molecule has 18 heavy (non-hydrogen) atoms. The van der Waals surface area contributed by atoms with E-state index < -0.39 is 5.97 Å².